The van der Waals surface area contributed by atoms with E-state index in [4.69, 9.17) is 9.47 Å². The average molecular weight is 484 g/mol. The van der Waals surface area contributed by atoms with Crippen LogP contribution in [0.5, 0.6) is 11.5 Å². The summed E-state index contributed by atoms with van der Waals surface area (Å²) >= 11 is 0. The molecule has 7 heteroatoms. The van der Waals surface area contributed by atoms with Crippen LogP contribution in [0.25, 0.3) is 22.3 Å². The lowest BCUT2D eigenvalue weighted by molar-refractivity contribution is -0.137. The number of fused-ring (bicyclic) bond motifs is 1. The largest absolute Gasteiger partial charge is 0.497 e. The van der Waals surface area contributed by atoms with Gasteiger partial charge in [0.1, 0.15) is 11.5 Å². The Morgan fingerprint density at radius 3 is 2.23 bits per heavy atom. The molecule has 184 valence electrons. The van der Waals surface area contributed by atoms with Crippen molar-refractivity contribution in [2.45, 2.75) is 38.0 Å². The third-order valence-corrected chi connectivity index (χ3v) is 7.03. The molecule has 3 aromatic rings. The summed E-state index contributed by atoms with van der Waals surface area (Å²) in [5.74, 6) is 1.25. The predicted molar refractivity (Wildman–Crippen MR) is 130 cm³/mol. The average Bonchev–Trinajstić information content (AvgIpc) is 3.51. The molecule has 1 atom stereocenters. The molecule has 3 aromatic carbocycles. The minimum absolute atomic E-state index is 0.155. The first-order valence-electron chi connectivity index (χ1n) is 11.8. The van der Waals surface area contributed by atoms with Crippen LogP contribution in [-0.4, -0.2) is 38.5 Å². The molecule has 0 amide bonds. The van der Waals surface area contributed by atoms with E-state index in [-0.39, 0.29) is 5.56 Å². The molecule has 2 aliphatic rings. The molecule has 0 saturated carbocycles. The van der Waals surface area contributed by atoms with Crippen LogP contribution in [-0.2, 0) is 19.0 Å². The van der Waals surface area contributed by atoms with Crippen molar-refractivity contribution in [1.82, 2.24) is 0 Å². The Labute approximate surface area is 202 Å². The van der Waals surface area contributed by atoms with Crippen molar-refractivity contribution < 1.29 is 27.8 Å². The molecule has 0 spiro atoms. The van der Waals surface area contributed by atoms with Crippen LogP contribution in [0.4, 0.5) is 18.9 Å². The molecule has 1 heterocycles. The maximum Gasteiger partial charge on any atom is 0.417 e. The van der Waals surface area contributed by atoms with Crippen LogP contribution in [0.15, 0.2) is 48.5 Å². The Kier molecular flexibility index (Phi) is 6.13. The molecular formula is C28H28F3NO3. The van der Waals surface area contributed by atoms with E-state index in [0.717, 1.165) is 47.6 Å². The van der Waals surface area contributed by atoms with Crippen molar-refractivity contribution in [2.75, 3.05) is 32.2 Å². The fourth-order valence-electron chi connectivity index (χ4n) is 5.27. The summed E-state index contributed by atoms with van der Waals surface area (Å²) < 4.78 is 53.2. The number of hydrogen-bond acceptors (Lipinski definition) is 4. The summed E-state index contributed by atoms with van der Waals surface area (Å²) in [6, 6.07) is 13.6. The van der Waals surface area contributed by atoms with Gasteiger partial charge in [-0.25, -0.2) is 0 Å². The van der Waals surface area contributed by atoms with Crippen LogP contribution in [0.2, 0.25) is 0 Å². The summed E-state index contributed by atoms with van der Waals surface area (Å²) in [7, 11) is 3.16. The molecule has 1 aliphatic carbocycles. The van der Waals surface area contributed by atoms with Gasteiger partial charge in [-0.05, 0) is 95.5 Å². The maximum atomic E-state index is 14.1. The van der Waals surface area contributed by atoms with Gasteiger partial charge in [-0.1, -0.05) is 6.07 Å². The predicted octanol–water partition coefficient (Wildman–Crippen LogP) is 6.12. The highest BCUT2D eigenvalue weighted by Crippen LogP contribution is 2.44. The minimum atomic E-state index is -4.49. The first kappa shape index (κ1) is 23.5. The minimum Gasteiger partial charge on any atom is -0.497 e. The van der Waals surface area contributed by atoms with E-state index in [9.17, 15) is 18.3 Å². The second-order valence-corrected chi connectivity index (χ2v) is 9.23. The molecule has 0 aromatic heterocycles. The van der Waals surface area contributed by atoms with Crippen LogP contribution < -0.4 is 14.4 Å². The lowest BCUT2D eigenvalue weighted by Gasteiger charge is -2.22. The molecule has 35 heavy (non-hydrogen) atoms. The van der Waals surface area contributed by atoms with Gasteiger partial charge in [0.05, 0.1) is 25.9 Å². The van der Waals surface area contributed by atoms with Crippen molar-refractivity contribution in [2.24, 2.45) is 0 Å². The number of aliphatic hydroxyl groups excluding tert-OH is 1. The van der Waals surface area contributed by atoms with Gasteiger partial charge in [0.25, 0.3) is 0 Å². The van der Waals surface area contributed by atoms with Gasteiger partial charge >= 0.3 is 6.18 Å². The van der Waals surface area contributed by atoms with Crippen molar-refractivity contribution in [3.63, 3.8) is 0 Å². The Hall–Kier alpha value is -3.19. The normalized spacial score (nSPS) is 17.5. The van der Waals surface area contributed by atoms with Crippen molar-refractivity contribution in [3.8, 4) is 33.8 Å². The number of ether oxygens (including phenoxy) is 2. The highest BCUT2D eigenvalue weighted by Gasteiger charge is 2.35. The summed E-state index contributed by atoms with van der Waals surface area (Å²) in [6.07, 6.45) is -1.67. The summed E-state index contributed by atoms with van der Waals surface area (Å²) in [4.78, 5) is 1.94. The van der Waals surface area contributed by atoms with Gasteiger partial charge in [0.15, 0.2) is 0 Å². The molecule has 1 aliphatic heterocycles. The van der Waals surface area contributed by atoms with E-state index in [2.05, 4.69) is 0 Å². The maximum absolute atomic E-state index is 14.1. The third kappa shape index (κ3) is 4.57. The van der Waals surface area contributed by atoms with Gasteiger partial charge in [-0.15, -0.1) is 0 Å². The molecule has 1 fully saturated rings. The molecule has 1 N–H and O–H groups in total. The number of nitrogens with zero attached hydrogens (tertiary/aromatic N) is 1. The number of methoxy groups -OCH3 is 2. The molecule has 0 bridgehead atoms. The van der Waals surface area contributed by atoms with E-state index in [1.54, 1.807) is 26.4 Å². The first-order valence-corrected chi connectivity index (χ1v) is 11.8. The fourth-order valence-corrected chi connectivity index (χ4v) is 5.27. The van der Waals surface area contributed by atoms with Crippen LogP contribution in [0.3, 0.4) is 0 Å². The van der Waals surface area contributed by atoms with Crippen molar-refractivity contribution in [3.05, 3.63) is 65.2 Å². The Morgan fingerprint density at radius 1 is 0.886 bits per heavy atom. The second-order valence-electron chi connectivity index (χ2n) is 9.23. The van der Waals surface area contributed by atoms with Crippen LogP contribution >= 0.6 is 0 Å². The van der Waals surface area contributed by atoms with Crippen LogP contribution in [0, 0.1) is 0 Å². The zero-order valence-corrected chi connectivity index (χ0v) is 19.8. The van der Waals surface area contributed by atoms with Gasteiger partial charge < -0.3 is 19.5 Å². The number of halogens is 3. The smallest absolute Gasteiger partial charge is 0.417 e. The third-order valence-electron chi connectivity index (χ3n) is 7.03. The molecule has 5 rings (SSSR count). The SMILES string of the molecule is COc1cc(OC)cc(-c2cc(-c3cc(N4CCC(O)C4)ccc3C(F)(F)F)cc3c2CCC3)c1. The zero-order chi connectivity index (χ0) is 24.7. The quantitative estimate of drug-likeness (QED) is 0.475. The molecule has 1 unspecified atom stereocenters. The van der Waals surface area contributed by atoms with Crippen molar-refractivity contribution in [1.29, 1.82) is 0 Å². The number of hydrogen-bond donors (Lipinski definition) is 1. The molecule has 0 radical (unpaired) electrons. The van der Waals surface area contributed by atoms with Gasteiger partial charge in [0.2, 0.25) is 0 Å². The van der Waals surface area contributed by atoms with E-state index < -0.39 is 17.8 Å². The van der Waals surface area contributed by atoms with E-state index in [1.807, 2.05) is 29.2 Å². The number of aliphatic hydroxyl groups is 1. The summed E-state index contributed by atoms with van der Waals surface area (Å²) in [5.41, 5.74) is 4.73. The van der Waals surface area contributed by atoms with E-state index in [1.165, 1.54) is 6.07 Å². The molecule has 4 nitrogen and oxygen atoms in total. The fraction of sp³-hybridized carbons (Fsp3) is 0.357. The van der Waals surface area contributed by atoms with Gasteiger partial charge in [0, 0.05) is 24.8 Å². The summed E-state index contributed by atoms with van der Waals surface area (Å²) in [6.45, 7) is 1.04. The number of rotatable bonds is 5. The Balaban J connectivity index is 1.70. The molecule has 1 saturated heterocycles. The van der Waals surface area contributed by atoms with E-state index >= 15 is 0 Å². The highest BCUT2D eigenvalue weighted by atomic mass is 19.4. The van der Waals surface area contributed by atoms with Crippen LogP contribution in [0.1, 0.15) is 29.5 Å². The second kappa shape index (κ2) is 9.11. The number of aryl methyl sites for hydroxylation is 1. The lowest BCUT2D eigenvalue weighted by atomic mass is 9.89. The Bertz CT molecular complexity index is 1230. The topological polar surface area (TPSA) is 41.9 Å². The molecular weight excluding hydrogens is 455 g/mol. The monoisotopic (exact) mass is 483 g/mol. The number of alkyl halides is 3. The summed E-state index contributed by atoms with van der Waals surface area (Å²) in [5, 5.41) is 9.94. The number of anilines is 1. The van der Waals surface area contributed by atoms with E-state index in [0.29, 0.717) is 42.3 Å². The van der Waals surface area contributed by atoms with Gasteiger partial charge in [-0.3, -0.25) is 0 Å². The standard InChI is InChI=1S/C28H28F3NO3/c1-34-22-11-19(12-23(15-22)35-2)25-13-18(10-17-4-3-5-24(17)25)26-14-20(32-9-8-21(33)16-32)6-7-27(26)28(29,30)31/h6-7,10-15,21,33H,3-5,8-9,16H2,1-2H3. The zero-order valence-electron chi connectivity index (χ0n) is 19.8. The number of benzene rings is 3. The van der Waals surface area contributed by atoms with Gasteiger partial charge in [-0.2, -0.15) is 13.2 Å². The van der Waals surface area contributed by atoms with Crippen molar-refractivity contribution >= 4 is 5.69 Å². The first-order chi connectivity index (χ1) is 16.8. The lowest BCUT2D eigenvalue weighted by Crippen LogP contribution is -2.21. The Morgan fingerprint density at radius 2 is 1.60 bits per heavy atom. The number of β-amino-alcohol motifs (C(OH)–C–C–N with tert-alkyl or cyclic N) is 1. The highest BCUT2D eigenvalue weighted by molar-refractivity contribution is 5.82.